The number of thiophene rings is 1. The average molecular weight is 331 g/mol. The van der Waals surface area contributed by atoms with E-state index in [1.165, 1.54) is 17.4 Å². The van der Waals surface area contributed by atoms with Gasteiger partial charge >= 0.3 is 5.97 Å². The maximum atomic E-state index is 12.2. The zero-order valence-electron chi connectivity index (χ0n) is 12.5. The van der Waals surface area contributed by atoms with Crippen LogP contribution in [-0.2, 0) is 18.4 Å². The second kappa shape index (κ2) is 5.81. The summed E-state index contributed by atoms with van der Waals surface area (Å²) in [4.78, 5) is 24.0. The summed E-state index contributed by atoms with van der Waals surface area (Å²) in [6, 6.07) is 7.95. The molecule has 0 fully saturated rings. The molecule has 0 aliphatic carbocycles. The Morgan fingerprint density at radius 3 is 2.87 bits per heavy atom. The number of nitro benzene ring substituents is 1. The molecule has 7 nitrogen and oxygen atoms in total. The fourth-order valence-corrected chi connectivity index (χ4v) is 3.35. The molecule has 118 valence electrons. The van der Waals surface area contributed by atoms with E-state index in [2.05, 4.69) is 5.10 Å². The van der Waals surface area contributed by atoms with Gasteiger partial charge in [0.25, 0.3) is 5.69 Å². The molecule has 8 heteroatoms. The normalized spacial score (nSPS) is 10.9. The van der Waals surface area contributed by atoms with E-state index in [-0.39, 0.29) is 12.3 Å². The van der Waals surface area contributed by atoms with Gasteiger partial charge in [-0.25, -0.2) is 4.79 Å². The van der Waals surface area contributed by atoms with Crippen LogP contribution in [0.25, 0.3) is 10.2 Å². The van der Waals surface area contributed by atoms with E-state index >= 15 is 0 Å². The number of carbonyl (C=O) groups is 1. The van der Waals surface area contributed by atoms with Crippen LogP contribution < -0.4 is 0 Å². The Kier molecular flexibility index (Phi) is 3.83. The van der Waals surface area contributed by atoms with Crippen LogP contribution in [0.15, 0.2) is 30.3 Å². The van der Waals surface area contributed by atoms with Crippen LogP contribution in [0.3, 0.4) is 0 Å². The molecule has 0 saturated heterocycles. The highest BCUT2D eigenvalue weighted by atomic mass is 32.1. The smallest absolute Gasteiger partial charge is 0.348 e. The Bertz CT molecular complexity index is 878. The minimum Gasteiger partial charge on any atom is -0.456 e. The van der Waals surface area contributed by atoms with Crippen LogP contribution >= 0.6 is 11.3 Å². The number of nitro groups is 1. The van der Waals surface area contributed by atoms with Gasteiger partial charge in [0.2, 0.25) is 0 Å². The van der Waals surface area contributed by atoms with E-state index in [9.17, 15) is 14.9 Å². The molecule has 0 bridgehead atoms. The quantitative estimate of drug-likeness (QED) is 0.416. The minimum absolute atomic E-state index is 0.0586. The number of carbonyl (C=O) groups excluding carboxylic acids is 1. The van der Waals surface area contributed by atoms with E-state index in [4.69, 9.17) is 4.74 Å². The number of ether oxygens (including phenoxy) is 1. The van der Waals surface area contributed by atoms with Crippen LogP contribution in [0.5, 0.6) is 0 Å². The summed E-state index contributed by atoms with van der Waals surface area (Å²) < 4.78 is 6.94. The van der Waals surface area contributed by atoms with Gasteiger partial charge in [-0.1, -0.05) is 12.1 Å². The number of fused-ring (bicyclic) bond motifs is 1. The van der Waals surface area contributed by atoms with Gasteiger partial charge in [-0.15, -0.1) is 11.3 Å². The molecule has 2 heterocycles. The fourth-order valence-electron chi connectivity index (χ4n) is 2.33. The predicted octanol–water partition coefficient (Wildman–Crippen LogP) is 3.21. The number of rotatable bonds is 4. The fraction of sp³-hybridized carbons (Fsp3) is 0.200. The van der Waals surface area contributed by atoms with Crippen molar-refractivity contribution in [2.24, 2.45) is 7.05 Å². The molecule has 3 rings (SSSR count). The molecular formula is C15H13N3O4S. The first-order valence-electron chi connectivity index (χ1n) is 6.80. The lowest BCUT2D eigenvalue weighted by Crippen LogP contribution is -2.05. The maximum Gasteiger partial charge on any atom is 0.348 e. The first-order valence-corrected chi connectivity index (χ1v) is 7.61. The highest BCUT2D eigenvalue weighted by Crippen LogP contribution is 2.28. The molecule has 0 saturated carbocycles. The first kappa shape index (κ1) is 15.2. The second-order valence-electron chi connectivity index (χ2n) is 5.00. The summed E-state index contributed by atoms with van der Waals surface area (Å²) in [6.45, 7) is 1.74. The second-order valence-corrected chi connectivity index (χ2v) is 6.03. The molecular weight excluding hydrogens is 318 g/mol. The van der Waals surface area contributed by atoms with Gasteiger partial charge in [0.05, 0.1) is 16.2 Å². The van der Waals surface area contributed by atoms with E-state index in [0.29, 0.717) is 10.4 Å². The zero-order chi connectivity index (χ0) is 16.6. The van der Waals surface area contributed by atoms with Gasteiger partial charge in [-0.3, -0.25) is 14.8 Å². The average Bonchev–Trinajstić information content (AvgIpc) is 3.07. The van der Waals surface area contributed by atoms with E-state index in [1.54, 1.807) is 28.9 Å². The number of hydrogen-bond donors (Lipinski definition) is 0. The van der Waals surface area contributed by atoms with Crippen molar-refractivity contribution in [2.45, 2.75) is 13.5 Å². The molecule has 1 aromatic carbocycles. The summed E-state index contributed by atoms with van der Waals surface area (Å²) in [7, 11) is 1.81. The number of aryl methyl sites for hydroxylation is 2. The molecule has 0 atom stereocenters. The number of nitrogens with zero attached hydrogens (tertiary/aromatic N) is 3. The Balaban J connectivity index is 1.79. The number of aromatic nitrogens is 2. The Morgan fingerprint density at radius 1 is 1.43 bits per heavy atom. The van der Waals surface area contributed by atoms with Crippen molar-refractivity contribution >= 4 is 33.2 Å². The molecule has 0 aliphatic heterocycles. The Labute approximate surface area is 135 Å². The van der Waals surface area contributed by atoms with Gasteiger partial charge < -0.3 is 4.74 Å². The topological polar surface area (TPSA) is 87.3 Å². The number of benzene rings is 1. The summed E-state index contributed by atoms with van der Waals surface area (Å²) in [5.74, 6) is -0.497. The Morgan fingerprint density at radius 2 is 2.17 bits per heavy atom. The van der Waals surface area contributed by atoms with Gasteiger partial charge in [0.15, 0.2) is 0 Å². The number of hydrogen-bond acceptors (Lipinski definition) is 6. The highest BCUT2D eigenvalue weighted by Gasteiger charge is 2.18. The lowest BCUT2D eigenvalue weighted by Gasteiger charge is -2.04. The third-order valence-corrected chi connectivity index (χ3v) is 4.63. The van der Waals surface area contributed by atoms with Crippen LogP contribution in [0.1, 0.15) is 20.9 Å². The van der Waals surface area contributed by atoms with E-state index < -0.39 is 10.9 Å². The molecule has 23 heavy (non-hydrogen) atoms. The van der Waals surface area contributed by atoms with Gasteiger partial charge in [-0.2, -0.15) is 5.10 Å². The first-order chi connectivity index (χ1) is 11.0. The summed E-state index contributed by atoms with van der Waals surface area (Å²) >= 11 is 1.29. The van der Waals surface area contributed by atoms with Gasteiger partial charge in [-0.05, 0) is 19.1 Å². The molecule has 0 radical (unpaired) electrons. The zero-order valence-corrected chi connectivity index (χ0v) is 13.3. The van der Waals surface area contributed by atoms with Gasteiger partial charge in [0.1, 0.15) is 16.3 Å². The summed E-state index contributed by atoms with van der Waals surface area (Å²) in [6.07, 6.45) is 0. The van der Waals surface area contributed by atoms with E-state index in [1.807, 2.05) is 14.0 Å². The van der Waals surface area contributed by atoms with E-state index in [0.717, 1.165) is 15.9 Å². The highest BCUT2D eigenvalue weighted by molar-refractivity contribution is 7.20. The molecule has 0 N–H and O–H groups in total. The van der Waals surface area contributed by atoms with Gasteiger partial charge in [0, 0.05) is 18.5 Å². The van der Waals surface area contributed by atoms with Crippen molar-refractivity contribution in [1.29, 1.82) is 0 Å². The summed E-state index contributed by atoms with van der Waals surface area (Å²) in [5.41, 5.74) is 1.15. The Hall–Kier alpha value is -2.74. The predicted molar refractivity (Wildman–Crippen MR) is 85.5 cm³/mol. The van der Waals surface area contributed by atoms with Crippen LogP contribution in [0.2, 0.25) is 0 Å². The van der Waals surface area contributed by atoms with Crippen molar-refractivity contribution in [3.8, 4) is 0 Å². The maximum absolute atomic E-state index is 12.2. The van der Waals surface area contributed by atoms with Crippen LogP contribution in [0, 0.1) is 17.0 Å². The standard InChI is InChI=1S/C15H13N3O4S/c1-9-11-7-13(23-14(11)17(2)16-9)15(19)22-8-10-5-3-4-6-12(10)18(20)21/h3-7H,8H2,1-2H3. The lowest BCUT2D eigenvalue weighted by molar-refractivity contribution is -0.385. The molecule has 0 spiro atoms. The van der Waals surface area contributed by atoms with Crippen molar-refractivity contribution < 1.29 is 14.5 Å². The van der Waals surface area contributed by atoms with Crippen molar-refractivity contribution in [3.05, 3.63) is 56.6 Å². The van der Waals surface area contributed by atoms with Crippen molar-refractivity contribution in [2.75, 3.05) is 0 Å². The van der Waals surface area contributed by atoms with Crippen LogP contribution in [0.4, 0.5) is 5.69 Å². The molecule has 0 amide bonds. The van der Waals surface area contributed by atoms with Crippen molar-refractivity contribution in [1.82, 2.24) is 9.78 Å². The summed E-state index contributed by atoms with van der Waals surface area (Å²) in [5, 5.41) is 16.1. The van der Waals surface area contributed by atoms with Crippen LogP contribution in [-0.4, -0.2) is 20.7 Å². The van der Waals surface area contributed by atoms with Crippen molar-refractivity contribution in [3.63, 3.8) is 0 Å². The molecule has 2 aromatic heterocycles. The largest absolute Gasteiger partial charge is 0.456 e. The number of esters is 1. The molecule has 0 unspecified atom stereocenters. The minimum atomic E-state index is -0.497. The third-order valence-electron chi connectivity index (χ3n) is 3.44. The lowest BCUT2D eigenvalue weighted by atomic mass is 10.2. The SMILES string of the molecule is Cc1nn(C)c2sc(C(=O)OCc3ccccc3[N+](=O)[O-])cc12. The third kappa shape index (κ3) is 2.80. The number of para-hydroxylation sites is 1. The molecule has 3 aromatic rings. The molecule has 0 aliphatic rings. The monoisotopic (exact) mass is 331 g/mol.